The van der Waals surface area contributed by atoms with Gasteiger partial charge >= 0.3 is 0 Å². The first-order chi connectivity index (χ1) is 14.1. The van der Waals surface area contributed by atoms with E-state index in [0.29, 0.717) is 0 Å². The second-order valence-corrected chi connectivity index (χ2v) is 8.20. The third-order valence-electron chi connectivity index (χ3n) is 6.22. The van der Waals surface area contributed by atoms with E-state index >= 15 is 0 Å². The van der Waals surface area contributed by atoms with Crippen LogP contribution in [0.15, 0.2) is 72.8 Å². The van der Waals surface area contributed by atoms with Gasteiger partial charge in [-0.25, -0.2) is 0 Å². The molecular formula is C26H23N3. The molecule has 0 amide bonds. The highest BCUT2D eigenvalue weighted by atomic mass is 15.4. The molecule has 6 rings (SSSR count). The van der Waals surface area contributed by atoms with Gasteiger partial charge in [-0.05, 0) is 60.7 Å². The standard InChI is InChI=1S/C26H23N3/c1-17-13-18(2)15-20(14-17)28-16-29-24-12-11-19-7-4-5-8-21(19)25(24)27(3)22-9-6-10-23(28)26(22)29/h4-15H,16H2,1-3H3. The van der Waals surface area contributed by atoms with Crippen LogP contribution in [0.1, 0.15) is 11.1 Å². The van der Waals surface area contributed by atoms with Crippen molar-refractivity contribution < 1.29 is 0 Å². The van der Waals surface area contributed by atoms with Crippen LogP contribution in [0.2, 0.25) is 0 Å². The summed E-state index contributed by atoms with van der Waals surface area (Å²) in [4.78, 5) is 7.28. The maximum Gasteiger partial charge on any atom is 0.100 e. The van der Waals surface area contributed by atoms with E-state index in [2.05, 4.69) is 108 Å². The van der Waals surface area contributed by atoms with Crippen molar-refractivity contribution >= 4 is 44.9 Å². The quantitative estimate of drug-likeness (QED) is 0.362. The number of rotatable bonds is 1. The third kappa shape index (κ3) is 2.24. The summed E-state index contributed by atoms with van der Waals surface area (Å²) in [6.45, 7) is 5.18. The van der Waals surface area contributed by atoms with Crippen molar-refractivity contribution in [1.82, 2.24) is 0 Å². The van der Waals surface area contributed by atoms with E-state index in [1.165, 1.54) is 56.0 Å². The van der Waals surface area contributed by atoms with Crippen LogP contribution in [-0.2, 0) is 0 Å². The number of anilines is 6. The number of hydrogen-bond donors (Lipinski definition) is 0. The van der Waals surface area contributed by atoms with Crippen LogP contribution in [0.4, 0.5) is 34.1 Å². The molecule has 2 aliphatic rings. The van der Waals surface area contributed by atoms with E-state index in [9.17, 15) is 0 Å². The summed E-state index contributed by atoms with van der Waals surface area (Å²) in [6, 6.07) is 26.7. The molecule has 0 aromatic heterocycles. The van der Waals surface area contributed by atoms with Gasteiger partial charge in [0.25, 0.3) is 0 Å². The minimum absolute atomic E-state index is 0.828. The lowest BCUT2D eigenvalue weighted by Crippen LogP contribution is -2.28. The zero-order valence-corrected chi connectivity index (χ0v) is 17.0. The number of para-hydroxylation sites is 1. The predicted octanol–water partition coefficient (Wildman–Crippen LogP) is 6.79. The van der Waals surface area contributed by atoms with Crippen molar-refractivity contribution in [2.45, 2.75) is 13.8 Å². The van der Waals surface area contributed by atoms with Gasteiger partial charge in [0.2, 0.25) is 0 Å². The molecule has 0 fully saturated rings. The lowest BCUT2D eigenvalue weighted by atomic mass is 10.0. The fraction of sp³-hybridized carbons (Fsp3) is 0.154. The highest BCUT2D eigenvalue weighted by Gasteiger charge is 2.37. The largest absolute Gasteiger partial charge is 0.341 e. The minimum Gasteiger partial charge on any atom is -0.341 e. The summed E-state index contributed by atoms with van der Waals surface area (Å²) in [5.41, 5.74) is 10.3. The molecule has 0 bridgehead atoms. The first kappa shape index (κ1) is 16.5. The average molecular weight is 377 g/mol. The van der Waals surface area contributed by atoms with Crippen molar-refractivity contribution in [3.8, 4) is 0 Å². The molecule has 3 heteroatoms. The Kier molecular flexibility index (Phi) is 3.28. The molecule has 0 atom stereocenters. The van der Waals surface area contributed by atoms with Crippen molar-refractivity contribution in [3.05, 3.63) is 83.9 Å². The molecular weight excluding hydrogens is 354 g/mol. The zero-order chi connectivity index (χ0) is 19.7. The molecule has 0 aliphatic carbocycles. The Bertz CT molecular complexity index is 1270. The van der Waals surface area contributed by atoms with Gasteiger partial charge in [-0.2, -0.15) is 0 Å². The van der Waals surface area contributed by atoms with Gasteiger partial charge in [-0.1, -0.05) is 42.5 Å². The Balaban J connectivity index is 1.60. The maximum absolute atomic E-state index is 2.48. The first-order valence-corrected chi connectivity index (χ1v) is 10.1. The minimum atomic E-state index is 0.828. The lowest BCUT2D eigenvalue weighted by Gasteiger charge is -2.36. The Morgan fingerprint density at radius 2 is 1.38 bits per heavy atom. The molecule has 0 spiro atoms. The molecule has 2 aliphatic heterocycles. The Labute approximate surface area is 171 Å². The Hall–Kier alpha value is -3.46. The van der Waals surface area contributed by atoms with Gasteiger partial charge in [-0.15, -0.1) is 0 Å². The maximum atomic E-state index is 2.48. The molecule has 0 saturated heterocycles. The molecule has 0 saturated carbocycles. The van der Waals surface area contributed by atoms with Crippen LogP contribution in [-0.4, -0.2) is 13.7 Å². The van der Waals surface area contributed by atoms with Crippen LogP contribution in [0.3, 0.4) is 0 Å². The predicted molar refractivity (Wildman–Crippen MR) is 124 cm³/mol. The highest BCUT2D eigenvalue weighted by Crippen LogP contribution is 2.57. The summed E-state index contributed by atoms with van der Waals surface area (Å²) < 4.78 is 0. The van der Waals surface area contributed by atoms with Gasteiger partial charge in [-0.3, -0.25) is 0 Å². The van der Waals surface area contributed by atoms with Crippen LogP contribution in [0, 0.1) is 13.8 Å². The van der Waals surface area contributed by atoms with Crippen LogP contribution < -0.4 is 14.7 Å². The van der Waals surface area contributed by atoms with Crippen LogP contribution in [0.25, 0.3) is 10.8 Å². The number of benzene rings is 4. The topological polar surface area (TPSA) is 9.72 Å². The molecule has 4 aromatic rings. The van der Waals surface area contributed by atoms with Crippen LogP contribution >= 0.6 is 0 Å². The van der Waals surface area contributed by atoms with Crippen molar-refractivity contribution in [2.24, 2.45) is 0 Å². The average Bonchev–Trinajstić information content (AvgIpc) is 3.11. The van der Waals surface area contributed by atoms with E-state index in [1.54, 1.807) is 0 Å². The van der Waals surface area contributed by atoms with Crippen LogP contribution in [0.5, 0.6) is 0 Å². The fourth-order valence-electron chi connectivity index (χ4n) is 5.03. The zero-order valence-electron chi connectivity index (χ0n) is 17.0. The lowest BCUT2D eigenvalue weighted by molar-refractivity contribution is 0.976. The summed E-state index contributed by atoms with van der Waals surface area (Å²) in [5, 5.41) is 2.58. The van der Waals surface area contributed by atoms with Gasteiger partial charge < -0.3 is 14.7 Å². The molecule has 0 N–H and O–H groups in total. The van der Waals surface area contributed by atoms with E-state index in [1.807, 2.05) is 0 Å². The second-order valence-electron chi connectivity index (χ2n) is 8.20. The smallest absolute Gasteiger partial charge is 0.100 e. The third-order valence-corrected chi connectivity index (χ3v) is 6.22. The van der Waals surface area contributed by atoms with Gasteiger partial charge in [0, 0.05) is 18.1 Å². The first-order valence-electron chi connectivity index (χ1n) is 10.1. The molecule has 2 heterocycles. The molecule has 0 radical (unpaired) electrons. The highest BCUT2D eigenvalue weighted by molar-refractivity contribution is 6.10. The summed E-state index contributed by atoms with van der Waals surface area (Å²) in [6.07, 6.45) is 0. The SMILES string of the molecule is Cc1cc(C)cc(N2CN3c4ccc5ccccc5c4N(C)c4cccc2c43)c1. The van der Waals surface area contributed by atoms with E-state index in [-0.39, 0.29) is 0 Å². The molecule has 3 nitrogen and oxygen atoms in total. The summed E-state index contributed by atoms with van der Waals surface area (Å²) in [5.74, 6) is 0. The Morgan fingerprint density at radius 3 is 2.21 bits per heavy atom. The Morgan fingerprint density at radius 1 is 0.655 bits per heavy atom. The summed E-state index contributed by atoms with van der Waals surface area (Å²) >= 11 is 0. The van der Waals surface area contributed by atoms with E-state index in [4.69, 9.17) is 0 Å². The summed E-state index contributed by atoms with van der Waals surface area (Å²) in [7, 11) is 2.19. The molecule has 0 unspecified atom stereocenters. The monoisotopic (exact) mass is 377 g/mol. The van der Waals surface area contributed by atoms with Crippen molar-refractivity contribution in [3.63, 3.8) is 0 Å². The second kappa shape index (κ2) is 5.77. The number of hydrogen-bond acceptors (Lipinski definition) is 3. The number of aryl methyl sites for hydroxylation is 2. The van der Waals surface area contributed by atoms with Gasteiger partial charge in [0.05, 0.1) is 28.4 Å². The van der Waals surface area contributed by atoms with Crippen molar-refractivity contribution in [2.75, 3.05) is 28.4 Å². The molecule has 142 valence electrons. The molecule has 4 aromatic carbocycles. The molecule has 29 heavy (non-hydrogen) atoms. The van der Waals surface area contributed by atoms with Gasteiger partial charge in [0.1, 0.15) is 6.67 Å². The van der Waals surface area contributed by atoms with E-state index < -0.39 is 0 Å². The fourth-order valence-corrected chi connectivity index (χ4v) is 5.03. The van der Waals surface area contributed by atoms with Gasteiger partial charge in [0.15, 0.2) is 0 Å². The number of fused-ring (bicyclic) bond motifs is 4. The van der Waals surface area contributed by atoms with Crippen molar-refractivity contribution in [1.29, 1.82) is 0 Å². The normalized spacial score (nSPS) is 14.4. The number of nitrogens with zero attached hydrogens (tertiary/aromatic N) is 3. The van der Waals surface area contributed by atoms with E-state index in [0.717, 1.165) is 6.67 Å².